The second-order valence-corrected chi connectivity index (χ2v) is 4.94. The lowest BCUT2D eigenvalue weighted by Crippen LogP contribution is -2.41. The molecule has 0 radical (unpaired) electrons. The fraction of sp³-hybridized carbons (Fsp3) is 0.571. The third-order valence-corrected chi connectivity index (χ3v) is 3.18. The van der Waals surface area contributed by atoms with Crippen LogP contribution in [0.2, 0.25) is 0 Å². The zero-order valence-electron chi connectivity index (χ0n) is 11.3. The van der Waals surface area contributed by atoms with E-state index in [4.69, 9.17) is 4.74 Å². The van der Waals surface area contributed by atoms with Crippen molar-refractivity contribution in [2.45, 2.75) is 6.92 Å². The summed E-state index contributed by atoms with van der Waals surface area (Å²) >= 11 is 0. The summed E-state index contributed by atoms with van der Waals surface area (Å²) in [7, 11) is 0. The summed E-state index contributed by atoms with van der Waals surface area (Å²) in [4.78, 5) is 18.2. The van der Waals surface area contributed by atoms with Crippen LogP contribution >= 0.6 is 0 Å². The Morgan fingerprint density at radius 2 is 2.26 bits per heavy atom. The van der Waals surface area contributed by atoms with Crippen LogP contribution < -0.4 is 5.32 Å². The van der Waals surface area contributed by atoms with E-state index in [9.17, 15) is 4.79 Å². The molecule has 1 aromatic rings. The Morgan fingerprint density at radius 3 is 2.95 bits per heavy atom. The van der Waals surface area contributed by atoms with Crippen molar-refractivity contribution in [1.29, 1.82) is 0 Å². The predicted molar refractivity (Wildman–Crippen MR) is 73.0 cm³/mol. The van der Waals surface area contributed by atoms with E-state index in [1.807, 2.05) is 6.07 Å². The van der Waals surface area contributed by atoms with E-state index in [1.54, 1.807) is 18.3 Å². The van der Waals surface area contributed by atoms with Crippen LogP contribution in [0.3, 0.4) is 0 Å². The highest BCUT2D eigenvalue weighted by atomic mass is 16.5. The number of carbonyl (C=O) groups is 1. The average molecular weight is 263 g/mol. The van der Waals surface area contributed by atoms with Crippen molar-refractivity contribution >= 4 is 5.91 Å². The Labute approximate surface area is 114 Å². The molecule has 1 aliphatic heterocycles. The van der Waals surface area contributed by atoms with Crippen LogP contribution in [0.15, 0.2) is 24.4 Å². The van der Waals surface area contributed by atoms with E-state index < -0.39 is 0 Å². The normalized spacial score (nSPS) is 17.9. The molecule has 5 nitrogen and oxygen atoms in total. The van der Waals surface area contributed by atoms with Gasteiger partial charge in [0.2, 0.25) is 0 Å². The summed E-state index contributed by atoms with van der Waals surface area (Å²) in [6, 6.07) is 5.35. The molecule has 1 aliphatic rings. The molecule has 1 atom stereocenters. The summed E-state index contributed by atoms with van der Waals surface area (Å²) in [5.41, 5.74) is 0.473. The van der Waals surface area contributed by atoms with E-state index in [0.717, 1.165) is 32.8 Å². The highest BCUT2D eigenvalue weighted by Crippen LogP contribution is 2.03. The van der Waals surface area contributed by atoms with Crippen molar-refractivity contribution < 1.29 is 9.53 Å². The van der Waals surface area contributed by atoms with Gasteiger partial charge in [-0.1, -0.05) is 13.0 Å². The van der Waals surface area contributed by atoms with Crippen LogP contribution in [0.1, 0.15) is 17.4 Å². The van der Waals surface area contributed by atoms with Crippen molar-refractivity contribution in [3.8, 4) is 0 Å². The Hall–Kier alpha value is -1.46. The van der Waals surface area contributed by atoms with Gasteiger partial charge in [0.05, 0.1) is 13.2 Å². The van der Waals surface area contributed by atoms with Gasteiger partial charge >= 0.3 is 0 Å². The van der Waals surface area contributed by atoms with Crippen LogP contribution in [0, 0.1) is 5.92 Å². The van der Waals surface area contributed by atoms with Gasteiger partial charge in [0.25, 0.3) is 5.91 Å². The molecule has 1 N–H and O–H groups in total. The molecular formula is C14H21N3O2. The maximum atomic E-state index is 11.8. The van der Waals surface area contributed by atoms with E-state index in [0.29, 0.717) is 18.2 Å². The first kappa shape index (κ1) is 14.0. The minimum atomic E-state index is -0.102. The molecule has 1 unspecified atom stereocenters. The molecule has 1 fully saturated rings. The Kier molecular flexibility index (Phi) is 5.30. The van der Waals surface area contributed by atoms with Crippen molar-refractivity contribution in [2.75, 3.05) is 39.4 Å². The number of aromatic nitrogens is 1. The lowest BCUT2D eigenvalue weighted by atomic mass is 10.1. The fourth-order valence-electron chi connectivity index (χ4n) is 2.14. The molecule has 2 heterocycles. The summed E-state index contributed by atoms with van der Waals surface area (Å²) in [6.07, 6.45) is 1.63. The number of ether oxygens (including phenoxy) is 1. The zero-order chi connectivity index (χ0) is 13.5. The van der Waals surface area contributed by atoms with Crippen LogP contribution in [-0.2, 0) is 4.74 Å². The van der Waals surface area contributed by atoms with Crippen molar-refractivity contribution in [3.63, 3.8) is 0 Å². The lowest BCUT2D eigenvalue weighted by molar-refractivity contribution is 0.0317. The standard InChI is InChI=1S/C14H21N3O2/c1-12(11-17-6-8-19-9-7-17)10-16-14(18)13-4-2-3-5-15-13/h2-5,12H,6-11H2,1H3,(H,16,18). The molecule has 1 amide bonds. The van der Waals surface area contributed by atoms with Gasteiger partial charge in [0.1, 0.15) is 5.69 Å². The first-order valence-corrected chi connectivity index (χ1v) is 6.75. The Bertz CT molecular complexity index is 391. The third kappa shape index (κ3) is 4.61. The largest absolute Gasteiger partial charge is 0.379 e. The van der Waals surface area contributed by atoms with Gasteiger partial charge in [-0.15, -0.1) is 0 Å². The van der Waals surface area contributed by atoms with E-state index in [2.05, 4.69) is 22.1 Å². The summed E-state index contributed by atoms with van der Waals surface area (Å²) in [5.74, 6) is 0.320. The molecule has 19 heavy (non-hydrogen) atoms. The van der Waals surface area contributed by atoms with Crippen LogP contribution in [-0.4, -0.2) is 55.2 Å². The first-order chi connectivity index (χ1) is 9.25. The molecule has 1 aromatic heterocycles. The van der Waals surface area contributed by atoms with Gasteiger partial charge in [-0.25, -0.2) is 0 Å². The highest BCUT2D eigenvalue weighted by molar-refractivity contribution is 5.92. The lowest BCUT2D eigenvalue weighted by Gasteiger charge is -2.29. The molecular weight excluding hydrogens is 242 g/mol. The number of morpholine rings is 1. The number of nitrogens with zero attached hydrogens (tertiary/aromatic N) is 2. The fourth-order valence-corrected chi connectivity index (χ4v) is 2.14. The van der Waals surface area contributed by atoms with Crippen molar-refractivity contribution in [1.82, 2.24) is 15.2 Å². The molecule has 0 aromatic carbocycles. The number of rotatable bonds is 5. The maximum Gasteiger partial charge on any atom is 0.269 e. The first-order valence-electron chi connectivity index (χ1n) is 6.75. The number of amides is 1. The zero-order valence-corrected chi connectivity index (χ0v) is 11.3. The van der Waals surface area contributed by atoms with Crippen molar-refractivity contribution in [2.24, 2.45) is 5.92 Å². The summed E-state index contributed by atoms with van der Waals surface area (Å²) in [5, 5.41) is 2.93. The Balaban J connectivity index is 1.71. The second kappa shape index (κ2) is 7.21. The van der Waals surface area contributed by atoms with Gasteiger partial charge in [0, 0.05) is 32.4 Å². The smallest absolute Gasteiger partial charge is 0.269 e. The number of hydrogen-bond acceptors (Lipinski definition) is 4. The van der Waals surface area contributed by atoms with Crippen LogP contribution in [0.5, 0.6) is 0 Å². The molecule has 0 bridgehead atoms. The molecule has 0 spiro atoms. The van der Waals surface area contributed by atoms with Gasteiger partial charge in [-0.3, -0.25) is 14.7 Å². The van der Waals surface area contributed by atoms with E-state index >= 15 is 0 Å². The monoisotopic (exact) mass is 263 g/mol. The number of pyridine rings is 1. The molecule has 1 saturated heterocycles. The average Bonchev–Trinajstić information content (AvgIpc) is 2.47. The Morgan fingerprint density at radius 1 is 1.47 bits per heavy atom. The third-order valence-electron chi connectivity index (χ3n) is 3.18. The van der Waals surface area contributed by atoms with Gasteiger partial charge < -0.3 is 10.1 Å². The number of carbonyl (C=O) groups excluding carboxylic acids is 1. The van der Waals surface area contributed by atoms with Crippen molar-refractivity contribution in [3.05, 3.63) is 30.1 Å². The van der Waals surface area contributed by atoms with Crippen LogP contribution in [0.4, 0.5) is 0 Å². The maximum absolute atomic E-state index is 11.8. The van der Waals surface area contributed by atoms with Crippen LogP contribution in [0.25, 0.3) is 0 Å². The molecule has 0 saturated carbocycles. The van der Waals surface area contributed by atoms with E-state index in [1.165, 1.54) is 0 Å². The molecule has 104 valence electrons. The minimum Gasteiger partial charge on any atom is -0.379 e. The summed E-state index contributed by atoms with van der Waals surface area (Å²) < 4.78 is 5.32. The molecule has 5 heteroatoms. The quantitative estimate of drug-likeness (QED) is 0.853. The second-order valence-electron chi connectivity index (χ2n) is 4.94. The SMILES string of the molecule is CC(CNC(=O)c1ccccn1)CN1CCOCC1. The number of hydrogen-bond donors (Lipinski definition) is 1. The van der Waals surface area contributed by atoms with Gasteiger partial charge in [0.15, 0.2) is 0 Å². The topological polar surface area (TPSA) is 54.5 Å². The van der Waals surface area contributed by atoms with E-state index in [-0.39, 0.29) is 5.91 Å². The highest BCUT2D eigenvalue weighted by Gasteiger charge is 2.14. The minimum absolute atomic E-state index is 0.102. The summed E-state index contributed by atoms with van der Waals surface area (Å²) in [6.45, 7) is 7.41. The van der Waals surface area contributed by atoms with Gasteiger partial charge in [-0.05, 0) is 18.1 Å². The predicted octanol–water partition coefficient (Wildman–Crippen LogP) is 0.780. The number of nitrogens with one attached hydrogen (secondary N) is 1. The van der Waals surface area contributed by atoms with Gasteiger partial charge in [-0.2, -0.15) is 0 Å². The molecule has 0 aliphatic carbocycles. The molecule has 2 rings (SSSR count).